The zero-order valence-electron chi connectivity index (χ0n) is 6.47. The van der Waals surface area contributed by atoms with E-state index in [-0.39, 0.29) is 0 Å². The molecule has 0 aliphatic carbocycles. The zero-order valence-corrected chi connectivity index (χ0v) is 6.47. The lowest BCUT2D eigenvalue weighted by atomic mass is 9.83. The summed E-state index contributed by atoms with van der Waals surface area (Å²) in [5, 5.41) is 0. The molecule has 1 saturated heterocycles. The van der Waals surface area contributed by atoms with Crippen LogP contribution in [0.4, 0.5) is 0 Å². The van der Waals surface area contributed by atoms with Crippen LogP contribution in [0.25, 0.3) is 0 Å². The highest BCUT2D eigenvalue weighted by atomic mass is 16.5. The first-order valence-corrected chi connectivity index (χ1v) is 3.78. The van der Waals surface area contributed by atoms with Gasteiger partial charge in [0.2, 0.25) is 0 Å². The number of ether oxygens (including phenoxy) is 1. The molecule has 1 heterocycles. The molecule has 0 aromatic carbocycles. The van der Waals surface area contributed by atoms with Gasteiger partial charge >= 0.3 is 0 Å². The fraction of sp³-hybridized carbons (Fsp3) is 0.750. The zero-order chi connectivity index (χ0) is 7.45. The van der Waals surface area contributed by atoms with Crippen molar-refractivity contribution in [1.29, 1.82) is 0 Å². The van der Waals surface area contributed by atoms with E-state index in [2.05, 4.69) is 13.0 Å². The SMILES string of the molecule is CCC1(/C=C/CN)COC1. The van der Waals surface area contributed by atoms with E-state index in [0.717, 1.165) is 19.6 Å². The lowest BCUT2D eigenvalue weighted by Gasteiger charge is -2.38. The lowest BCUT2D eigenvalue weighted by Crippen LogP contribution is -2.40. The highest BCUT2D eigenvalue weighted by Gasteiger charge is 2.33. The van der Waals surface area contributed by atoms with Crippen LogP contribution in [-0.2, 0) is 4.74 Å². The van der Waals surface area contributed by atoms with Crippen molar-refractivity contribution in [3.63, 3.8) is 0 Å². The quantitative estimate of drug-likeness (QED) is 0.593. The summed E-state index contributed by atoms with van der Waals surface area (Å²) in [5.41, 5.74) is 5.67. The van der Waals surface area contributed by atoms with Crippen molar-refractivity contribution in [2.24, 2.45) is 11.1 Å². The fourth-order valence-corrected chi connectivity index (χ4v) is 1.10. The van der Waals surface area contributed by atoms with Crippen LogP contribution in [0.5, 0.6) is 0 Å². The molecule has 2 heteroatoms. The lowest BCUT2D eigenvalue weighted by molar-refractivity contribution is -0.0837. The summed E-state index contributed by atoms with van der Waals surface area (Å²) in [5.74, 6) is 0. The molecule has 2 nitrogen and oxygen atoms in total. The molecule has 0 atom stereocenters. The molecule has 0 spiro atoms. The van der Waals surface area contributed by atoms with Crippen LogP contribution in [0.2, 0.25) is 0 Å². The van der Waals surface area contributed by atoms with Crippen molar-refractivity contribution in [3.05, 3.63) is 12.2 Å². The summed E-state index contributed by atoms with van der Waals surface area (Å²) >= 11 is 0. The van der Waals surface area contributed by atoms with Gasteiger partial charge in [0.05, 0.1) is 13.2 Å². The molecule has 1 aliphatic heterocycles. The van der Waals surface area contributed by atoms with Gasteiger partial charge in [-0.05, 0) is 6.42 Å². The van der Waals surface area contributed by atoms with Gasteiger partial charge in [-0.1, -0.05) is 19.1 Å². The van der Waals surface area contributed by atoms with Gasteiger partial charge in [-0.25, -0.2) is 0 Å². The van der Waals surface area contributed by atoms with E-state index in [0.29, 0.717) is 12.0 Å². The molecular formula is C8H15NO. The third kappa shape index (κ3) is 1.39. The van der Waals surface area contributed by atoms with E-state index in [1.54, 1.807) is 0 Å². The van der Waals surface area contributed by atoms with Gasteiger partial charge in [0, 0.05) is 12.0 Å². The Morgan fingerprint density at radius 2 is 2.30 bits per heavy atom. The maximum absolute atomic E-state index is 5.34. The van der Waals surface area contributed by atoms with E-state index in [4.69, 9.17) is 10.5 Å². The van der Waals surface area contributed by atoms with Crippen LogP contribution in [0.3, 0.4) is 0 Å². The Kier molecular flexibility index (Phi) is 2.46. The van der Waals surface area contributed by atoms with E-state index >= 15 is 0 Å². The highest BCUT2D eigenvalue weighted by Crippen LogP contribution is 2.32. The molecule has 1 fully saturated rings. The summed E-state index contributed by atoms with van der Waals surface area (Å²) in [6, 6.07) is 0. The number of hydrogen-bond acceptors (Lipinski definition) is 2. The van der Waals surface area contributed by atoms with Crippen molar-refractivity contribution in [3.8, 4) is 0 Å². The predicted molar refractivity (Wildman–Crippen MR) is 41.7 cm³/mol. The third-order valence-corrected chi connectivity index (χ3v) is 2.09. The van der Waals surface area contributed by atoms with Crippen molar-refractivity contribution >= 4 is 0 Å². The number of rotatable bonds is 3. The smallest absolute Gasteiger partial charge is 0.0579 e. The Balaban J connectivity index is 2.40. The molecule has 2 N–H and O–H groups in total. The second kappa shape index (κ2) is 3.17. The minimum atomic E-state index is 0.333. The first-order chi connectivity index (χ1) is 4.83. The molecule has 0 bridgehead atoms. The van der Waals surface area contributed by atoms with Gasteiger partial charge in [-0.2, -0.15) is 0 Å². The summed E-state index contributed by atoms with van der Waals surface area (Å²) in [6.45, 7) is 4.57. The number of nitrogens with two attached hydrogens (primary N) is 1. The van der Waals surface area contributed by atoms with Crippen LogP contribution in [-0.4, -0.2) is 19.8 Å². The molecule has 0 aromatic rings. The Morgan fingerprint density at radius 3 is 2.60 bits per heavy atom. The molecule has 58 valence electrons. The first kappa shape index (κ1) is 7.76. The summed E-state index contributed by atoms with van der Waals surface area (Å²) in [7, 11) is 0. The highest BCUT2D eigenvalue weighted by molar-refractivity contribution is 5.03. The Bertz CT molecular complexity index is 122. The topological polar surface area (TPSA) is 35.2 Å². The Morgan fingerprint density at radius 1 is 1.60 bits per heavy atom. The Hall–Kier alpha value is -0.340. The van der Waals surface area contributed by atoms with Crippen molar-refractivity contribution < 1.29 is 4.74 Å². The molecule has 0 unspecified atom stereocenters. The van der Waals surface area contributed by atoms with Crippen molar-refractivity contribution in [2.75, 3.05) is 19.8 Å². The van der Waals surface area contributed by atoms with Gasteiger partial charge in [-0.15, -0.1) is 0 Å². The average Bonchev–Trinajstić information content (AvgIpc) is 1.87. The number of hydrogen-bond donors (Lipinski definition) is 1. The van der Waals surface area contributed by atoms with Gasteiger partial charge < -0.3 is 10.5 Å². The maximum atomic E-state index is 5.34. The van der Waals surface area contributed by atoms with Crippen LogP contribution in [0.1, 0.15) is 13.3 Å². The van der Waals surface area contributed by atoms with E-state index < -0.39 is 0 Å². The van der Waals surface area contributed by atoms with E-state index in [1.807, 2.05) is 6.08 Å². The largest absolute Gasteiger partial charge is 0.379 e. The summed E-state index contributed by atoms with van der Waals surface area (Å²) < 4.78 is 5.13. The van der Waals surface area contributed by atoms with Crippen molar-refractivity contribution in [1.82, 2.24) is 0 Å². The molecule has 0 aromatic heterocycles. The van der Waals surface area contributed by atoms with Gasteiger partial charge in [0.15, 0.2) is 0 Å². The molecule has 0 radical (unpaired) electrons. The van der Waals surface area contributed by atoms with Crippen LogP contribution in [0.15, 0.2) is 12.2 Å². The predicted octanol–water partition coefficient (Wildman–Crippen LogP) is 0.928. The molecule has 0 amide bonds. The molecule has 0 saturated carbocycles. The minimum absolute atomic E-state index is 0.333. The van der Waals surface area contributed by atoms with Gasteiger partial charge in [-0.3, -0.25) is 0 Å². The van der Waals surface area contributed by atoms with E-state index in [1.165, 1.54) is 0 Å². The molecule has 1 rings (SSSR count). The molecule has 1 aliphatic rings. The van der Waals surface area contributed by atoms with Crippen LogP contribution < -0.4 is 5.73 Å². The normalized spacial score (nSPS) is 23.0. The van der Waals surface area contributed by atoms with E-state index in [9.17, 15) is 0 Å². The minimum Gasteiger partial charge on any atom is -0.379 e. The van der Waals surface area contributed by atoms with Gasteiger partial charge in [0.25, 0.3) is 0 Å². The van der Waals surface area contributed by atoms with Crippen molar-refractivity contribution in [2.45, 2.75) is 13.3 Å². The first-order valence-electron chi connectivity index (χ1n) is 3.78. The molecule has 10 heavy (non-hydrogen) atoms. The monoisotopic (exact) mass is 141 g/mol. The Labute approximate surface area is 62.1 Å². The van der Waals surface area contributed by atoms with Gasteiger partial charge in [0.1, 0.15) is 0 Å². The summed E-state index contributed by atoms with van der Waals surface area (Å²) in [6.07, 6.45) is 5.37. The average molecular weight is 141 g/mol. The van der Waals surface area contributed by atoms with Crippen LogP contribution >= 0.6 is 0 Å². The molecular weight excluding hydrogens is 126 g/mol. The second-order valence-corrected chi connectivity index (χ2v) is 2.85. The standard InChI is InChI=1S/C8H15NO/c1-2-8(4-3-5-9)6-10-7-8/h3-4H,2,5-7,9H2,1H3/b4-3+. The summed E-state index contributed by atoms with van der Waals surface area (Å²) in [4.78, 5) is 0. The second-order valence-electron chi connectivity index (χ2n) is 2.85. The maximum Gasteiger partial charge on any atom is 0.0579 e. The third-order valence-electron chi connectivity index (χ3n) is 2.09. The fourth-order valence-electron chi connectivity index (χ4n) is 1.10. The van der Waals surface area contributed by atoms with Crippen LogP contribution in [0, 0.1) is 5.41 Å².